The Kier molecular flexibility index (Phi) is 5.50. The molecule has 0 N–H and O–H groups in total. The average molecular weight is 283 g/mol. The van der Waals surface area contributed by atoms with Gasteiger partial charge in [-0.25, -0.2) is 0 Å². The fourth-order valence-corrected chi connectivity index (χ4v) is 2.10. The molecule has 0 aliphatic heterocycles. The minimum Gasteiger partial charge on any atom is -0.494 e. The predicted octanol–water partition coefficient (Wildman–Crippen LogP) is 4.25. The average Bonchev–Trinajstić information content (AvgIpc) is 2.55. The molecule has 2 aromatic rings. The van der Waals surface area contributed by atoms with E-state index in [4.69, 9.17) is 4.74 Å². The number of aromatic nitrogens is 1. The van der Waals surface area contributed by atoms with Crippen LogP contribution in [-0.2, 0) is 0 Å². The Labute approximate surface area is 126 Å². The van der Waals surface area contributed by atoms with Crippen molar-refractivity contribution >= 4 is 5.78 Å². The Bertz CT molecular complexity index is 564. The van der Waals surface area contributed by atoms with Crippen LogP contribution in [0.25, 0.3) is 0 Å². The number of nitrogens with zero attached hydrogens (tertiary/aromatic N) is 1. The Hall–Kier alpha value is -2.16. The lowest BCUT2D eigenvalue weighted by Crippen LogP contribution is -2.09. The molecule has 0 saturated carbocycles. The Morgan fingerprint density at radius 1 is 1.14 bits per heavy atom. The summed E-state index contributed by atoms with van der Waals surface area (Å²) in [6, 6.07) is 11.2. The Morgan fingerprint density at radius 2 is 1.81 bits per heavy atom. The molecule has 0 fully saturated rings. The summed E-state index contributed by atoms with van der Waals surface area (Å²) in [6.45, 7) is 4.77. The number of hydrogen-bond acceptors (Lipinski definition) is 3. The molecule has 0 spiro atoms. The molecule has 110 valence electrons. The van der Waals surface area contributed by atoms with Crippen LogP contribution in [0.3, 0.4) is 0 Å². The monoisotopic (exact) mass is 283 g/mol. The van der Waals surface area contributed by atoms with Gasteiger partial charge < -0.3 is 4.74 Å². The number of Topliss-reactive ketones (excluding diaryl/α,β-unsaturated/α-hetero) is 1. The second kappa shape index (κ2) is 7.58. The molecule has 21 heavy (non-hydrogen) atoms. The van der Waals surface area contributed by atoms with E-state index in [-0.39, 0.29) is 11.7 Å². The number of benzene rings is 1. The number of ketones is 1. The zero-order valence-corrected chi connectivity index (χ0v) is 12.6. The summed E-state index contributed by atoms with van der Waals surface area (Å²) in [5.41, 5.74) is 1.69. The first-order chi connectivity index (χ1) is 10.2. The van der Waals surface area contributed by atoms with Gasteiger partial charge in [-0.2, -0.15) is 0 Å². The van der Waals surface area contributed by atoms with Crippen molar-refractivity contribution in [2.45, 2.75) is 32.6 Å². The van der Waals surface area contributed by atoms with Crippen molar-refractivity contribution in [3.05, 3.63) is 59.9 Å². The van der Waals surface area contributed by atoms with Gasteiger partial charge >= 0.3 is 0 Å². The predicted molar refractivity (Wildman–Crippen MR) is 83.8 cm³/mol. The van der Waals surface area contributed by atoms with Crippen LogP contribution >= 0.6 is 0 Å². The topological polar surface area (TPSA) is 39.2 Å². The first-order valence-electron chi connectivity index (χ1n) is 7.39. The molecule has 0 amide bonds. The van der Waals surface area contributed by atoms with Crippen molar-refractivity contribution in [2.24, 2.45) is 0 Å². The van der Waals surface area contributed by atoms with E-state index in [1.54, 1.807) is 12.4 Å². The fraction of sp³-hybridized carbons (Fsp3) is 0.333. The van der Waals surface area contributed by atoms with Crippen LogP contribution in [0.15, 0.2) is 48.8 Å². The van der Waals surface area contributed by atoms with Crippen LogP contribution in [0.1, 0.15) is 48.5 Å². The third kappa shape index (κ3) is 4.15. The zero-order valence-electron chi connectivity index (χ0n) is 12.6. The van der Waals surface area contributed by atoms with Crippen LogP contribution in [0.5, 0.6) is 5.75 Å². The van der Waals surface area contributed by atoms with E-state index in [0.717, 1.165) is 30.8 Å². The highest BCUT2D eigenvalue weighted by Crippen LogP contribution is 2.21. The van der Waals surface area contributed by atoms with Crippen LogP contribution in [0, 0.1) is 0 Å². The molecule has 3 nitrogen and oxygen atoms in total. The maximum Gasteiger partial charge on any atom is 0.170 e. The molecule has 1 aromatic carbocycles. The van der Waals surface area contributed by atoms with E-state index >= 15 is 0 Å². The number of carbonyl (C=O) groups excluding carboxylic acids is 1. The maximum absolute atomic E-state index is 12.5. The van der Waals surface area contributed by atoms with Crippen molar-refractivity contribution in [3.63, 3.8) is 0 Å². The van der Waals surface area contributed by atoms with E-state index in [1.165, 1.54) is 0 Å². The van der Waals surface area contributed by atoms with Gasteiger partial charge in [0.05, 0.1) is 6.61 Å². The van der Waals surface area contributed by atoms with Gasteiger partial charge in [-0.1, -0.05) is 20.3 Å². The first kappa shape index (κ1) is 15.2. The molecular weight excluding hydrogens is 262 g/mol. The van der Waals surface area contributed by atoms with Crippen molar-refractivity contribution in [1.82, 2.24) is 4.98 Å². The van der Waals surface area contributed by atoms with Gasteiger partial charge in [-0.05, 0) is 48.4 Å². The third-order valence-electron chi connectivity index (χ3n) is 3.50. The summed E-state index contributed by atoms with van der Waals surface area (Å²) < 4.78 is 5.61. The number of carbonyl (C=O) groups is 1. The molecule has 0 radical (unpaired) electrons. The standard InChI is InChI=1S/C18H21NO2/c1-3-4-13-21-17-7-5-16(6-8-17)18(20)14(2)15-9-11-19-12-10-15/h5-12,14H,3-4,13H2,1-2H3. The van der Waals surface area contributed by atoms with E-state index in [0.29, 0.717) is 5.56 Å². The highest BCUT2D eigenvalue weighted by Gasteiger charge is 2.16. The molecule has 0 saturated heterocycles. The summed E-state index contributed by atoms with van der Waals surface area (Å²) >= 11 is 0. The minimum atomic E-state index is -0.167. The van der Waals surface area contributed by atoms with Gasteiger partial charge in [0.1, 0.15) is 5.75 Å². The normalized spacial score (nSPS) is 11.9. The lowest BCUT2D eigenvalue weighted by molar-refractivity contribution is 0.0966. The highest BCUT2D eigenvalue weighted by molar-refractivity contribution is 6.00. The van der Waals surface area contributed by atoms with Crippen molar-refractivity contribution in [3.8, 4) is 5.75 Å². The maximum atomic E-state index is 12.5. The summed E-state index contributed by atoms with van der Waals surface area (Å²) in [6.07, 6.45) is 5.58. The number of unbranched alkanes of at least 4 members (excludes halogenated alkanes) is 1. The van der Waals surface area contributed by atoms with Gasteiger partial charge in [0, 0.05) is 23.9 Å². The second-order valence-electron chi connectivity index (χ2n) is 5.09. The van der Waals surface area contributed by atoms with Crippen molar-refractivity contribution in [2.75, 3.05) is 6.61 Å². The SMILES string of the molecule is CCCCOc1ccc(C(=O)C(C)c2ccncc2)cc1. The van der Waals surface area contributed by atoms with Gasteiger partial charge in [-0.15, -0.1) is 0 Å². The molecule has 1 atom stereocenters. The molecule has 1 unspecified atom stereocenters. The van der Waals surface area contributed by atoms with Crippen molar-refractivity contribution < 1.29 is 9.53 Å². The number of hydrogen-bond donors (Lipinski definition) is 0. The molecule has 0 aliphatic rings. The molecule has 1 heterocycles. The lowest BCUT2D eigenvalue weighted by atomic mass is 9.93. The summed E-state index contributed by atoms with van der Waals surface area (Å²) in [5, 5.41) is 0. The van der Waals surface area contributed by atoms with Gasteiger partial charge in [0.2, 0.25) is 0 Å². The number of rotatable bonds is 7. The minimum absolute atomic E-state index is 0.112. The smallest absolute Gasteiger partial charge is 0.170 e. The highest BCUT2D eigenvalue weighted by atomic mass is 16.5. The third-order valence-corrected chi connectivity index (χ3v) is 3.50. The summed E-state index contributed by atoms with van der Waals surface area (Å²) in [5.74, 6) is 0.762. The molecule has 1 aromatic heterocycles. The van der Waals surface area contributed by atoms with E-state index in [1.807, 2.05) is 43.3 Å². The quantitative estimate of drug-likeness (QED) is 0.563. The van der Waals surface area contributed by atoms with Gasteiger partial charge in [0.15, 0.2) is 5.78 Å². The van der Waals surface area contributed by atoms with Crippen molar-refractivity contribution in [1.29, 1.82) is 0 Å². The number of pyridine rings is 1. The molecule has 3 heteroatoms. The van der Waals surface area contributed by atoms with E-state index in [9.17, 15) is 4.79 Å². The fourth-order valence-electron chi connectivity index (χ4n) is 2.10. The van der Waals surface area contributed by atoms with Crippen LogP contribution in [-0.4, -0.2) is 17.4 Å². The summed E-state index contributed by atoms with van der Waals surface area (Å²) in [7, 11) is 0. The largest absolute Gasteiger partial charge is 0.494 e. The molecule has 2 rings (SSSR count). The van der Waals surface area contributed by atoms with Crippen LogP contribution in [0.2, 0.25) is 0 Å². The van der Waals surface area contributed by atoms with Gasteiger partial charge in [0.25, 0.3) is 0 Å². The van der Waals surface area contributed by atoms with Gasteiger partial charge in [-0.3, -0.25) is 9.78 Å². The molecule has 0 aliphatic carbocycles. The van der Waals surface area contributed by atoms with Crippen LogP contribution < -0.4 is 4.74 Å². The summed E-state index contributed by atoms with van der Waals surface area (Å²) in [4.78, 5) is 16.4. The molecular formula is C18H21NO2. The molecule has 0 bridgehead atoms. The first-order valence-corrected chi connectivity index (χ1v) is 7.39. The van der Waals surface area contributed by atoms with E-state index < -0.39 is 0 Å². The zero-order chi connectivity index (χ0) is 15.1. The number of ether oxygens (including phenoxy) is 1. The van der Waals surface area contributed by atoms with Crippen LogP contribution in [0.4, 0.5) is 0 Å². The Morgan fingerprint density at radius 3 is 2.43 bits per heavy atom. The van der Waals surface area contributed by atoms with E-state index in [2.05, 4.69) is 11.9 Å². The Balaban J connectivity index is 2.03. The lowest BCUT2D eigenvalue weighted by Gasteiger charge is -2.11. The second-order valence-corrected chi connectivity index (χ2v) is 5.09.